The van der Waals surface area contributed by atoms with Gasteiger partial charge in [0.15, 0.2) is 0 Å². The Morgan fingerprint density at radius 1 is 1.15 bits per heavy atom. The summed E-state index contributed by atoms with van der Waals surface area (Å²) < 4.78 is 8.82. The molecule has 2 aromatic carbocycles. The number of hydrogen-bond donors (Lipinski definition) is 1. The Kier molecular flexibility index (Phi) is 6.44. The number of ether oxygens (including phenoxy) is 1. The second kappa shape index (κ2) is 9.20. The molecule has 26 heavy (non-hydrogen) atoms. The van der Waals surface area contributed by atoms with E-state index in [1.165, 1.54) is 0 Å². The molecule has 0 aliphatic heterocycles. The summed E-state index contributed by atoms with van der Waals surface area (Å²) in [7, 11) is 0. The van der Waals surface area contributed by atoms with Crippen LogP contribution in [-0.2, 0) is 11.3 Å². The van der Waals surface area contributed by atoms with E-state index in [4.69, 9.17) is 4.74 Å². The molecule has 0 aliphatic carbocycles. The zero-order valence-corrected chi connectivity index (χ0v) is 15.8. The van der Waals surface area contributed by atoms with Gasteiger partial charge in [0.1, 0.15) is 5.75 Å². The topological polar surface area (TPSA) is 56.2 Å². The third kappa shape index (κ3) is 4.95. The molecular weight excluding hydrogens is 394 g/mol. The van der Waals surface area contributed by atoms with E-state index < -0.39 is 6.10 Å². The maximum absolute atomic E-state index is 12.8. The van der Waals surface area contributed by atoms with Crippen LogP contribution >= 0.6 is 15.9 Å². The monoisotopic (exact) mass is 413 g/mol. The molecule has 1 aromatic heterocycles. The number of nitrogens with zero attached hydrogens (tertiary/aromatic N) is 2. The van der Waals surface area contributed by atoms with E-state index >= 15 is 0 Å². The van der Waals surface area contributed by atoms with Crippen molar-refractivity contribution < 1.29 is 9.53 Å². The van der Waals surface area contributed by atoms with Gasteiger partial charge in [-0.25, -0.2) is 4.98 Å². The Hall–Kier alpha value is -2.60. The van der Waals surface area contributed by atoms with Crippen LogP contribution in [0.2, 0.25) is 0 Å². The molecule has 6 heteroatoms. The highest BCUT2D eigenvalue weighted by Crippen LogP contribution is 2.29. The first-order chi connectivity index (χ1) is 12.7. The van der Waals surface area contributed by atoms with Crippen molar-refractivity contribution in [2.45, 2.75) is 19.1 Å². The van der Waals surface area contributed by atoms with Gasteiger partial charge < -0.3 is 14.6 Å². The molecule has 0 aliphatic rings. The van der Waals surface area contributed by atoms with Gasteiger partial charge in [0.25, 0.3) is 5.91 Å². The number of benzene rings is 2. The summed E-state index contributed by atoms with van der Waals surface area (Å²) in [6.45, 7) is 1.38. The summed E-state index contributed by atoms with van der Waals surface area (Å²) in [4.78, 5) is 16.8. The smallest absolute Gasteiger partial charge is 0.265 e. The van der Waals surface area contributed by atoms with Crippen LogP contribution in [0.1, 0.15) is 18.1 Å². The average Bonchev–Trinajstić information content (AvgIpc) is 3.18. The number of hydrogen-bond acceptors (Lipinski definition) is 3. The number of imidazole rings is 1. The maximum Gasteiger partial charge on any atom is 0.265 e. The van der Waals surface area contributed by atoms with Crippen molar-refractivity contribution in [2.24, 2.45) is 0 Å². The van der Waals surface area contributed by atoms with Crippen molar-refractivity contribution in [1.29, 1.82) is 0 Å². The van der Waals surface area contributed by atoms with E-state index in [-0.39, 0.29) is 5.91 Å². The zero-order chi connectivity index (χ0) is 18.2. The van der Waals surface area contributed by atoms with Gasteiger partial charge in [0.05, 0.1) is 10.8 Å². The van der Waals surface area contributed by atoms with Crippen LogP contribution in [-0.4, -0.2) is 22.0 Å². The van der Waals surface area contributed by atoms with Crippen molar-refractivity contribution >= 4 is 21.8 Å². The van der Waals surface area contributed by atoms with Crippen molar-refractivity contribution in [1.82, 2.24) is 14.9 Å². The standard InChI is InChI=1S/C20H20BrN3O2/c21-17-9-4-5-10-18(17)26-19(16-7-2-1-3-8-16)20(25)23-11-6-13-24-14-12-22-15-24/h1-5,7-10,12,14-15,19H,6,11,13H2,(H,23,25). The quantitative estimate of drug-likeness (QED) is 0.568. The van der Waals surface area contributed by atoms with Crippen LogP contribution in [0.3, 0.4) is 0 Å². The van der Waals surface area contributed by atoms with Crippen LogP contribution in [0.4, 0.5) is 0 Å². The minimum Gasteiger partial charge on any atom is -0.475 e. The van der Waals surface area contributed by atoms with Crippen molar-refractivity contribution in [3.8, 4) is 5.75 Å². The van der Waals surface area contributed by atoms with E-state index in [0.29, 0.717) is 12.3 Å². The minimum atomic E-state index is -0.705. The van der Waals surface area contributed by atoms with Crippen molar-refractivity contribution in [3.05, 3.63) is 83.4 Å². The van der Waals surface area contributed by atoms with E-state index in [9.17, 15) is 4.79 Å². The molecule has 3 aromatic rings. The maximum atomic E-state index is 12.8. The minimum absolute atomic E-state index is 0.155. The third-order valence-electron chi connectivity index (χ3n) is 3.87. The van der Waals surface area contributed by atoms with Crippen LogP contribution in [0, 0.1) is 0 Å². The summed E-state index contributed by atoms with van der Waals surface area (Å²) in [6.07, 6.45) is 5.53. The molecule has 0 saturated heterocycles. The van der Waals surface area contributed by atoms with Crippen LogP contribution in [0.15, 0.2) is 77.8 Å². The molecule has 1 atom stereocenters. The molecule has 1 N–H and O–H groups in total. The van der Waals surface area contributed by atoms with E-state index in [0.717, 1.165) is 23.0 Å². The molecular formula is C20H20BrN3O2. The second-order valence-electron chi connectivity index (χ2n) is 5.78. The SMILES string of the molecule is O=C(NCCCn1ccnc1)C(Oc1ccccc1Br)c1ccccc1. The largest absolute Gasteiger partial charge is 0.475 e. The summed E-state index contributed by atoms with van der Waals surface area (Å²) in [5.74, 6) is 0.479. The molecule has 0 fully saturated rings. The molecule has 1 unspecified atom stereocenters. The zero-order valence-electron chi connectivity index (χ0n) is 14.2. The lowest BCUT2D eigenvalue weighted by molar-refractivity contribution is -0.128. The number of halogens is 1. The van der Waals surface area contributed by atoms with E-state index in [2.05, 4.69) is 26.2 Å². The van der Waals surface area contributed by atoms with Gasteiger partial charge in [0, 0.05) is 31.0 Å². The van der Waals surface area contributed by atoms with Crippen LogP contribution < -0.4 is 10.1 Å². The van der Waals surface area contributed by atoms with E-state index in [1.807, 2.05) is 65.4 Å². The highest BCUT2D eigenvalue weighted by molar-refractivity contribution is 9.10. The van der Waals surface area contributed by atoms with E-state index in [1.54, 1.807) is 12.5 Å². The predicted octanol–water partition coefficient (Wildman–Crippen LogP) is 3.97. The summed E-state index contributed by atoms with van der Waals surface area (Å²) >= 11 is 3.47. The van der Waals surface area contributed by atoms with Crippen LogP contribution in [0.25, 0.3) is 0 Å². The second-order valence-corrected chi connectivity index (χ2v) is 6.64. The van der Waals surface area contributed by atoms with Gasteiger partial charge >= 0.3 is 0 Å². The Bertz CT molecular complexity index is 822. The number of nitrogens with one attached hydrogen (secondary N) is 1. The predicted molar refractivity (Wildman–Crippen MR) is 104 cm³/mol. The Morgan fingerprint density at radius 3 is 2.65 bits per heavy atom. The fourth-order valence-electron chi connectivity index (χ4n) is 2.55. The van der Waals surface area contributed by atoms with Gasteiger partial charge in [-0.2, -0.15) is 0 Å². The van der Waals surface area contributed by atoms with Crippen molar-refractivity contribution in [2.75, 3.05) is 6.54 Å². The first-order valence-electron chi connectivity index (χ1n) is 8.43. The lowest BCUT2D eigenvalue weighted by Gasteiger charge is -2.20. The molecule has 5 nitrogen and oxygen atoms in total. The molecule has 1 amide bonds. The number of carbonyl (C=O) groups is 1. The molecule has 1 heterocycles. The fourth-order valence-corrected chi connectivity index (χ4v) is 2.93. The third-order valence-corrected chi connectivity index (χ3v) is 4.53. The number of para-hydroxylation sites is 1. The normalized spacial score (nSPS) is 11.7. The number of carbonyl (C=O) groups excluding carboxylic acids is 1. The highest BCUT2D eigenvalue weighted by atomic mass is 79.9. The van der Waals surface area contributed by atoms with Gasteiger partial charge in [-0.05, 0) is 34.5 Å². The molecule has 0 bridgehead atoms. The lowest BCUT2D eigenvalue weighted by Crippen LogP contribution is -2.33. The summed E-state index contributed by atoms with van der Waals surface area (Å²) in [5, 5.41) is 2.97. The highest BCUT2D eigenvalue weighted by Gasteiger charge is 2.23. The number of aromatic nitrogens is 2. The molecule has 3 rings (SSSR count). The molecule has 134 valence electrons. The van der Waals surface area contributed by atoms with Gasteiger partial charge in [-0.3, -0.25) is 4.79 Å². The first kappa shape index (κ1) is 18.2. The summed E-state index contributed by atoms with van der Waals surface area (Å²) in [5.41, 5.74) is 0.815. The first-order valence-corrected chi connectivity index (χ1v) is 9.23. The Labute approximate surface area is 161 Å². The summed E-state index contributed by atoms with van der Waals surface area (Å²) in [6, 6.07) is 17.0. The van der Waals surface area contributed by atoms with Gasteiger partial charge in [-0.15, -0.1) is 0 Å². The molecule has 0 radical (unpaired) electrons. The molecule has 0 spiro atoms. The Morgan fingerprint density at radius 2 is 1.92 bits per heavy atom. The Balaban J connectivity index is 1.64. The van der Waals surface area contributed by atoms with Gasteiger partial charge in [-0.1, -0.05) is 42.5 Å². The van der Waals surface area contributed by atoms with Crippen LogP contribution in [0.5, 0.6) is 5.75 Å². The van der Waals surface area contributed by atoms with Gasteiger partial charge in [0.2, 0.25) is 6.10 Å². The van der Waals surface area contributed by atoms with Crippen molar-refractivity contribution in [3.63, 3.8) is 0 Å². The average molecular weight is 414 g/mol. The number of rotatable bonds is 8. The lowest BCUT2D eigenvalue weighted by atomic mass is 10.1. The fraction of sp³-hybridized carbons (Fsp3) is 0.200. The number of amides is 1. The number of aryl methyl sites for hydroxylation is 1. The molecule has 0 saturated carbocycles.